The van der Waals surface area contributed by atoms with Gasteiger partial charge in [0, 0.05) is 22.3 Å². The zero-order valence-corrected chi connectivity index (χ0v) is 12.3. The number of anilines is 1. The maximum Gasteiger partial charge on any atom is 0.163 e. The van der Waals surface area contributed by atoms with Gasteiger partial charge < -0.3 is 5.32 Å². The summed E-state index contributed by atoms with van der Waals surface area (Å²) in [6.45, 7) is 4.21. The van der Waals surface area contributed by atoms with Crippen LogP contribution in [0, 0.1) is 25.5 Å². The Morgan fingerprint density at radius 1 is 1.11 bits per heavy atom. The van der Waals surface area contributed by atoms with Crippen molar-refractivity contribution in [1.29, 1.82) is 0 Å². The van der Waals surface area contributed by atoms with Gasteiger partial charge in [0.1, 0.15) is 0 Å². The van der Waals surface area contributed by atoms with Crippen LogP contribution in [0.1, 0.15) is 16.7 Å². The molecule has 0 aromatic heterocycles. The van der Waals surface area contributed by atoms with E-state index in [9.17, 15) is 8.78 Å². The number of nitrogens with one attached hydrogen (secondary N) is 1. The molecule has 2 rings (SSSR count). The first-order chi connectivity index (χ1) is 8.99. The fourth-order valence-corrected chi connectivity index (χ4v) is 2.74. The second-order valence-corrected chi connectivity index (χ2v) is 5.40. The molecular weight excluding hydrogens is 312 g/mol. The zero-order valence-electron chi connectivity index (χ0n) is 10.7. The fourth-order valence-electron chi connectivity index (χ4n) is 2.06. The molecule has 0 bridgehead atoms. The van der Waals surface area contributed by atoms with E-state index in [2.05, 4.69) is 21.2 Å². The van der Waals surface area contributed by atoms with Crippen molar-refractivity contribution in [2.45, 2.75) is 20.4 Å². The van der Waals surface area contributed by atoms with E-state index in [1.54, 1.807) is 6.07 Å². The molecule has 0 aliphatic rings. The third-order valence-electron chi connectivity index (χ3n) is 2.98. The van der Waals surface area contributed by atoms with Gasteiger partial charge in [0.25, 0.3) is 0 Å². The maximum atomic E-state index is 13.5. The van der Waals surface area contributed by atoms with Crippen LogP contribution in [0.5, 0.6) is 0 Å². The summed E-state index contributed by atoms with van der Waals surface area (Å²) in [4.78, 5) is 0. The molecule has 0 saturated carbocycles. The molecule has 0 radical (unpaired) electrons. The van der Waals surface area contributed by atoms with E-state index >= 15 is 0 Å². The van der Waals surface area contributed by atoms with Crippen LogP contribution in [0.25, 0.3) is 0 Å². The lowest BCUT2D eigenvalue weighted by atomic mass is 10.1. The summed E-state index contributed by atoms with van der Waals surface area (Å²) >= 11 is 3.43. The highest BCUT2D eigenvalue weighted by Crippen LogP contribution is 2.26. The normalized spacial score (nSPS) is 10.6. The van der Waals surface area contributed by atoms with Crippen LogP contribution in [-0.2, 0) is 6.54 Å². The van der Waals surface area contributed by atoms with Gasteiger partial charge in [-0.1, -0.05) is 28.1 Å². The molecule has 100 valence electrons. The van der Waals surface area contributed by atoms with E-state index in [1.165, 1.54) is 6.07 Å². The highest BCUT2D eigenvalue weighted by atomic mass is 79.9. The Hall–Kier alpha value is -1.42. The van der Waals surface area contributed by atoms with Crippen LogP contribution in [0.4, 0.5) is 14.5 Å². The Balaban J connectivity index is 2.22. The summed E-state index contributed by atoms with van der Waals surface area (Å²) in [6.07, 6.45) is 0. The van der Waals surface area contributed by atoms with Crippen molar-refractivity contribution in [1.82, 2.24) is 0 Å². The summed E-state index contributed by atoms with van der Waals surface area (Å²) in [5, 5.41) is 3.17. The SMILES string of the molecule is Cc1cc(Br)cc(C)c1NCc1cccc(F)c1F. The van der Waals surface area contributed by atoms with Crippen molar-refractivity contribution in [3.63, 3.8) is 0 Å². The van der Waals surface area contributed by atoms with Gasteiger partial charge in [-0.3, -0.25) is 0 Å². The van der Waals surface area contributed by atoms with Crippen LogP contribution < -0.4 is 5.32 Å². The molecule has 1 nitrogen and oxygen atoms in total. The van der Waals surface area contributed by atoms with Crippen molar-refractivity contribution in [2.75, 3.05) is 5.32 Å². The van der Waals surface area contributed by atoms with Crippen LogP contribution in [0.15, 0.2) is 34.8 Å². The minimum absolute atomic E-state index is 0.257. The lowest BCUT2D eigenvalue weighted by Crippen LogP contribution is -2.05. The van der Waals surface area contributed by atoms with E-state index in [4.69, 9.17) is 0 Å². The molecule has 0 heterocycles. The van der Waals surface area contributed by atoms with Crippen LogP contribution in [0.2, 0.25) is 0 Å². The van der Waals surface area contributed by atoms with Crippen molar-refractivity contribution in [2.24, 2.45) is 0 Å². The van der Waals surface area contributed by atoms with Gasteiger partial charge in [0.15, 0.2) is 11.6 Å². The van der Waals surface area contributed by atoms with Gasteiger partial charge in [-0.05, 0) is 43.2 Å². The van der Waals surface area contributed by atoms with Crippen molar-refractivity contribution in [3.05, 3.63) is 63.1 Å². The van der Waals surface area contributed by atoms with Crippen LogP contribution in [0.3, 0.4) is 0 Å². The quantitative estimate of drug-likeness (QED) is 0.841. The topological polar surface area (TPSA) is 12.0 Å². The van der Waals surface area contributed by atoms with Gasteiger partial charge in [-0.25, -0.2) is 8.78 Å². The van der Waals surface area contributed by atoms with E-state index in [0.29, 0.717) is 5.56 Å². The predicted octanol–water partition coefficient (Wildman–Crippen LogP) is 4.96. The Morgan fingerprint density at radius 2 is 1.74 bits per heavy atom. The van der Waals surface area contributed by atoms with Gasteiger partial charge in [-0.2, -0.15) is 0 Å². The molecule has 0 unspecified atom stereocenters. The summed E-state index contributed by atoms with van der Waals surface area (Å²) in [7, 11) is 0. The van der Waals surface area contributed by atoms with Crippen LogP contribution >= 0.6 is 15.9 Å². The average molecular weight is 326 g/mol. The summed E-state index contributed by atoms with van der Waals surface area (Å²) in [6, 6.07) is 8.18. The number of halogens is 3. The number of hydrogen-bond acceptors (Lipinski definition) is 1. The van der Waals surface area contributed by atoms with E-state index in [1.807, 2.05) is 26.0 Å². The van der Waals surface area contributed by atoms with Gasteiger partial charge in [0.2, 0.25) is 0 Å². The van der Waals surface area contributed by atoms with Crippen LogP contribution in [-0.4, -0.2) is 0 Å². The lowest BCUT2D eigenvalue weighted by Gasteiger charge is -2.14. The first-order valence-electron chi connectivity index (χ1n) is 5.92. The zero-order chi connectivity index (χ0) is 14.0. The Kier molecular flexibility index (Phi) is 4.20. The van der Waals surface area contributed by atoms with Gasteiger partial charge in [-0.15, -0.1) is 0 Å². The van der Waals surface area contributed by atoms with Crippen molar-refractivity contribution >= 4 is 21.6 Å². The molecule has 0 aliphatic heterocycles. The van der Waals surface area contributed by atoms with E-state index in [0.717, 1.165) is 27.4 Å². The molecule has 19 heavy (non-hydrogen) atoms. The third-order valence-corrected chi connectivity index (χ3v) is 3.44. The smallest absolute Gasteiger partial charge is 0.163 e. The average Bonchev–Trinajstić information content (AvgIpc) is 2.33. The van der Waals surface area contributed by atoms with E-state index < -0.39 is 11.6 Å². The summed E-state index contributed by atoms with van der Waals surface area (Å²) < 4.78 is 27.7. The molecule has 4 heteroatoms. The lowest BCUT2D eigenvalue weighted by molar-refractivity contribution is 0.500. The standard InChI is InChI=1S/C15H14BrF2N/c1-9-6-12(16)7-10(2)15(9)19-8-11-4-3-5-13(17)14(11)18/h3-7,19H,8H2,1-2H3. The Bertz CT molecular complexity index is 588. The monoisotopic (exact) mass is 325 g/mol. The summed E-state index contributed by atoms with van der Waals surface area (Å²) in [5.74, 6) is -1.61. The molecule has 2 aromatic rings. The molecule has 0 amide bonds. The Labute approximate surface area is 119 Å². The third kappa shape index (κ3) is 3.13. The number of hydrogen-bond donors (Lipinski definition) is 1. The largest absolute Gasteiger partial charge is 0.380 e. The molecule has 0 atom stereocenters. The molecule has 2 aromatic carbocycles. The van der Waals surface area contributed by atoms with Gasteiger partial charge in [0.05, 0.1) is 0 Å². The van der Waals surface area contributed by atoms with Crippen molar-refractivity contribution < 1.29 is 8.78 Å². The minimum atomic E-state index is -0.816. The predicted molar refractivity (Wildman–Crippen MR) is 77.3 cm³/mol. The molecule has 0 saturated heterocycles. The molecular formula is C15H14BrF2N. The minimum Gasteiger partial charge on any atom is -0.380 e. The second-order valence-electron chi connectivity index (χ2n) is 4.48. The Morgan fingerprint density at radius 3 is 2.37 bits per heavy atom. The number of rotatable bonds is 3. The van der Waals surface area contributed by atoms with Gasteiger partial charge >= 0.3 is 0 Å². The molecule has 0 aliphatic carbocycles. The van der Waals surface area contributed by atoms with Crippen molar-refractivity contribution in [3.8, 4) is 0 Å². The molecule has 1 N–H and O–H groups in total. The first kappa shape index (κ1) is 14.0. The molecule has 0 spiro atoms. The second kappa shape index (κ2) is 5.70. The maximum absolute atomic E-state index is 13.5. The molecule has 0 fully saturated rings. The number of aryl methyl sites for hydroxylation is 2. The first-order valence-corrected chi connectivity index (χ1v) is 6.72. The number of benzene rings is 2. The highest BCUT2D eigenvalue weighted by molar-refractivity contribution is 9.10. The fraction of sp³-hybridized carbons (Fsp3) is 0.200. The summed E-state index contributed by atoms with van der Waals surface area (Å²) in [5.41, 5.74) is 3.39. The van der Waals surface area contributed by atoms with E-state index in [-0.39, 0.29) is 6.54 Å². The highest BCUT2D eigenvalue weighted by Gasteiger charge is 2.09.